The lowest BCUT2D eigenvalue weighted by atomic mass is 10.1. The number of nitrogens with one attached hydrogen (secondary N) is 2. The van der Waals surface area contributed by atoms with Crippen molar-refractivity contribution in [1.29, 1.82) is 0 Å². The number of carbonyl (C=O) groups excluding carboxylic acids is 1. The molecule has 1 unspecified atom stereocenters. The molecule has 2 aliphatic rings. The number of nitrogens with zero attached hydrogens (tertiary/aromatic N) is 2. The highest BCUT2D eigenvalue weighted by Gasteiger charge is 2.26. The van der Waals surface area contributed by atoms with Gasteiger partial charge in [-0.25, -0.2) is 5.43 Å². The Morgan fingerprint density at radius 2 is 2.00 bits per heavy atom. The van der Waals surface area contributed by atoms with Crippen molar-refractivity contribution in [3.8, 4) is 0 Å². The van der Waals surface area contributed by atoms with Gasteiger partial charge in [-0.2, -0.15) is 0 Å². The van der Waals surface area contributed by atoms with E-state index in [1.807, 2.05) is 0 Å². The molecule has 2 fully saturated rings. The highest BCUT2D eigenvalue weighted by Crippen LogP contribution is 2.09. The first kappa shape index (κ1) is 9.89. The van der Waals surface area contributed by atoms with E-state index in [4.69, 9.17) is 0 Å². The van der Waals surface area contributed by atoms with Gasteiger partial charge in [-0.05, 0) is 7.05 Å². The van der Waals surface area contributed by atoms with Crippen LogP contribution in [0, 0.1) is 0 Å². The molecule has 2 N–H and O–H groups in total. The largest absolute Gasteiger partial charge is 0.304 e. The molecule has 5 nitrogen and oxygen atoms in total. The molecule has 2 heterocycles. The van der Waals surface area contributed by atoms with Crippen LogP contribution < -0.4 is 10.9 Å². The quantitative estimate of drug-likeness (QED) is 0.545. The molecule has 2 rings (SSSR count). The highest BCUT2D eigenvalue weighted by atomic mass is 16.2. The van der Waals surface area contributed by atoms with Crippen LogP contribution in [0.25, 0.3) is 0 Å². The van der Waals surface area contributed by atoms with E-state index >= 15 is 0 Å². The average molecular weight is 198 g/mol. The molecule has 0 aromatic carbocycles. The third-order valence-electron chi connectivity index (χ3n) is 3.04. The molecule has 0 aliphatic carbocycles. The average Bonchev–Trinajstić information content (AvgIpc) is 2.19. The fourth-order valence-electron chi connectivity index (χ4n) is 2.05. The van der Waals surface area contributed by atoms with Crippen molar-refractivity contribution in [3.05, 3.63) is 0 Å². The number of carbonyl (C=O) groups is 1. The SMILES string of the molecule is CN1CCN(C2CNNC(=O)C2)CC1. The van der Waals surface area contributed by atoms with E-state index in [0.717, 1.165) is 32.7 Å². The van der Waals surface area contributed by atoms with Gasteiger partial charge < -0.3 is 4.90 Å². The van der Waals surface area contributed by atoms with Crippen molar-refractivity contribution in [3.63, 3.8) is 0 Å². The number of hydrogen-bond acceptors (Lipinski definition) is 4. The molecule has 1 amide bonds. The molecular formula is C9H18N4O. The van der Waals surface area contributed by atoms with Gasteiger partial charge in [0, 0.05) is 45.2 Å². The lowest BCUT2D eigenvalue weighted by Crippen LogP contribution is -2.58. The Kier molecular flexibility index (Phi) is 3.00. The summed E-state index contributed by atoms with van der Waals surface area (Å²) in [5.41, 5.74) is 5.57. The van der Waals surface area contributed by atoms with Crippen LogP contribution in [0.5, 0.6) is 0 Å². The van der Waals surface area contributed by atoms with Crippen LogP contribution in [-0.2, 0) is 4.79 Å². The molecule has 2 saturated heterocycles. The fraction of sp³-hybridized carbons (Fsp3) is 0.889. The van der Waals surface area contributed by atoms with Gasteiger partial charge >= 0.3 is 0 Å². The van der Waals surface area contributed by atoms with Crippen molar-refractivity contribution in [2.24, 2.45) is 0 Å². The van der Waals surface area contributed by atoms with Crippen LogP contribution in [0.1, 0.15) is 6.42 Å². The van der Waals surface area contributed by atoms with Gasteiger partial charge in [0.2, 0.25) is 5.91 Å². The van der Waals surface area contributed by atoms with E-state index in [1.54, 1.807) is 0 Å². The first-order valence-electron chi connectivity index (χ1n) is 5.20. The second-order valence-corrected chi connectivity index (χ2v) is 4.13. The Hall–Kier alpha value is -0.650. The number of hydrogen-bond donors (Lipinski definition) is 2. The van der Waals surface area contributed by atoms with Crippen molar-refractivity contribution in [2.75, 3.05) is 39.8 Å². The molecule has 0 aromatic rings. The van der Waals surface area contributed by atoms with Gasteiger partial charge in [0.25, 0.3) is 0 Å². The van der Waals surface area contributed by atoms with E-state index in [2.05, 4.69) is 27.7 Å². The summed E-state index contributed by atoms with van der Waals surface area (Å²) >= 11 is 0. The number of rotatable bonds is 1. The predicted molar refractivity (Wildman–Crippen MR) is 53.6 cm³/mol. The van der Waals surface area contributed by atoms with Crippen LogP contribution in [0.2, 0.25) is 0 Å². The van der Waals surface area contributed by atoms with Gasteiger partial charge in [0.05, 0.1) is 0 Å². The minimum Gasteiger partial charge on any atom is -0.304 e. The van der Waals surface area contributed by atoms with Crippen molar-refractivity contribution in [2.45, 2.75) is 12.5 Å². The molecule has 0 saturated carbocycles. The molecule has 5 heteroatoms. The van der Waals surface area contributed by atoms with Gasteiger partial charge in [-0.1, -0.05) is 0 Å². The maximum Gasteiger partial charge on any atom is 0.235 e. The molecular weight excluding hydrogens is 180 g/mol. The zero-order valence-corrected chi connectivity index (χ0v) is 8.62. The molecule has 0 spiro atoms. The van der Waals surface area contributed by atoms with Crippen LogP contribution in [0.3, 0.4) is 0 Å². The normalized spacial score (nSPS) is 31.5. The summed E-state index contributed by atoms with van der Waals surface area (Å²) in [4.78, 5) is 15.9. The molecule has 0 bridgehead atoms. The second-order valence-electron chi connectivity index (χ2n) is 4.13. The molecule has 2 aliphatic heterocycles. The number of amides is 1. The maximum atomic E-state index is 11.2. The maximum absolute atomic E-state index is 11.2. The lowest BCUT2D eigenvalue weighted by molar-refractivity contribution is -0.125. The van der Waals surface area contributed by atoms with Gasteiger partial charge in [-0.3, -0.25) is 15.1 Å². The Bertz CT molecular complexity index is 213. The van der Waals surface area contributed by atoms with Gasteiger partial charge in [0.15, 0.2) is 0 Å². The summed E-state index contributed by atoms with van der Waals surface area (Å²) in [5.74, 6) is 0.111. The number of piperazine rings is 1. The minimum absolute atomic E-state index is 0.111. The summed E-state index contributed by atoms with van der Waals surface area (Å²) in [6.07, 6.45) is 0.636. The number of hydrazine groups is 1. The van der Waals surface area contributed by atoms with Crippen LogP contribution in [0.4, 0.5) is 0 Å². The number of likely N-dealkylation sites (N-methyl/N-ethyl adjacent to an activating group) is 1. The van der Waals surface area contributed by atoms with E-state index in [-0.39, 0.29) is 5.91 Å². The van der Waals surface area contributed by atoms with Crippen molar-refractivity contribution >= 4 is 5.91 Å². The second kappa shape index (κ2) is 4.25. The topological polar surface area (TPSA) is 47.6 Å². The highest BCUT2D eigenvalue weighted by molar-refractivity contribution is 5.76. The molecule has 0 aromatic heterocycles. The van der Waals surface area contributed by atoms with Crippen LogP contribution in [-0.4, -0.2) is 61.5 Å². The third-order valence-corrected chi connectivity index (χ3v) is 3.04. The fourth-order valence-corrected chi connectivity index (χ4v) is 2.05. The standard InChI is InChI=1S/C9H18N4O/c1-12-2-4-13(5-3-12)8-6-9(14)11-10-7-8/h8,10H,2-7H2,1H3,(H,11,14). The molecule has 80 valence electrons. The minimum atomic E-state index is 0.111. The van der Waals surface area contributed by atoms with Crippen molar-refractivity contribution in [1.82, 2.24) is 20.7 Å². The van der Waals surface area contributed by atoms with Crippen LogP contribution >= 0.6 is 0 Å². The summed E-state index contributed by atoms with van der Waals surface area (Å²) < 4.78 is 0. The van der Waals surface area contributed by atoms with Crippen LogP contribution in [0.15, 0.2) is 0 Å². The smallest absolute Gasteiger partial charge is 0.235 e. The first-order valence-corrected chi connectivity index (χ1v) is 5.20. The van der Waals surface area contributed by atoms with E-state index in [0.29, 0.717) is 12.5 Å². The van der Waals surface area contributed by atoms with Gasteiger partial charge in [0.1, 0.15) is 0 Å². The summed E-state index contributed by atoms with van der Waals surface area (Å²) in [7, 11) is 2.14. The third kappa shape index (κ3) is 2.23. The zero-order valence-electron chi connectivity index (χ0n) is 8.62. The summed E-state index contributed by atoms with van der Waals surface area (Å²) in [6, 6.07) is 0.387. The van der Waals surface area contributed by atoms with Gasteiger partial charge in [-0.15, -0.1) is 0 Å². The van der Waals surface area contributed by atoms with E-state index in [1.165, 1.54) is 0 Å². The predicted octanol–water partition coefficient (Wildman–Crippen LogP) is -1.37. The van der Waals surface area contributed by atoms with Crippen molar-refractivity contribution < 1.29 is 4.79 Å². The molecule has 14 heavy (non-hydrogen) atoms. The Balaban J connectivity index is 1.85. The monoisotopic (exact) mass is 198 g/mol. The van der Waals surface area contributed by atoms with E-state index < -0.39 is 0 Å². The molecule has 1 atom stereocenters. The Morgan fingerprint density at radius 1 is 1.29 bits per heavy atom. The Morgan fingerprint density at radius 3 is 2.64 bits per heavy atom. The first-order chi connectivity index (χ1) is 6.75. The van der Waals surface area contributed by atoms with E-state index in [9.17, 15) is 4.79 Å². The Labute approximate surface area is 84.4 Å². The molecule has 0 radical (unpaired) electrons. The summed E-state index contributed by atoms with van der Waals surface area (Å²) in [6.45, 7) is 5.25. The zero-order chi connectivity index (χ0) is 9.97. The lowest BCUT2D eigenvalue weighted by Gasteiger charge is -2.39. The summed E-state index contributed by atoms with van der Waals surface area (Å²) in [5, 5.41) is 0.